The van der Waals surface area contributed by atoms with Gasteiger partial charge in [0, 0.05) is 18.3 Å². The molecule has 0 amide bonds. The fourth-order valence-corrected chi connectivity index (χ4v) is 1.24. The van der Waals surface area contributed by atoms with Crippen LogP contribution in [0.5, 0.6) is 0 Å². The molecule has 0 heterocycles. The Balaban J connectivity index is 3.86. The lowest BCUT2D eigenvalue weighted by atomic mass is 10.2. The lowest BCUT2D eigenvalue weighted by molar-refractivity contribution is 0.241. The largest absolute Gasteiger partial charge is 0.297 e. The third-order valence-electron chi connectivity index (χ3n) is 1.89. The molecule has 0 rings (SSSR count). The molecule has 0 bridgehead atoms. The predicted molar refractivity (Wildman–Crippen MR) is 60.0 cm³/mol. The fraction of sp³-hybridized carbons (Fsp3) is 0.800. The van der Waals surface area contributed by atoms with Crippen molar-refractivity contribution >= 4 is 12.6 Å². The molecule has 0 fully saturated rings. The highest BCUT2D eigenvalue weighted by atomic mass is 32.1. The van der Waals surface area contributed by atoms with Crippen LogP contribution in [0.3, 0.4) is 0 Å². The minimum absolute atomic E-state index is 0.613. The zero-order valence-corrected chi connectivity index (χ0v) is 9.40. The van der Waals surface area contributed by atoms with Crippen molar-refractivity contribution in [3.05, 3.63) is 12.2 Å². The van der Waals surface area contributed by atoms with Gasteiger partial charge in [-0.05, 0) is 26.8 Å². The van der Waals surface area contributed by atoms with E-state index in [1.54, 1.807) is 0 Å². The molecule has 72 valence electrons. The molecule has 0 aromatic rings. The quantitative estimate of drug-likeness (QED) is 0.494. The molecule has 0 atom stereocenters. The Hall–Kier alpha value is 0.0500. The van der Waals surface area contributed by atoms with E-state index in [9.17, 15) is 0 Å². The van der Waals surface area contributed by atoms with Crippen LogP contribution in [0.15, 0.2) is 12.2 Å². The Kier molecular flexibility index (Phi) is 6.58. The molecule has 0 saturated carbocycles. The van der Waals surface area contributed by atoms with Crippen molar-refractivity contribution in [2.75, 3.05) is 18.8 Å². The number of hydrogen-bond donors (Lipinski definition) is 1. The van der Waals surface area contributed by atoms with Crippen molar-refractivity contribution < 1.29 is 0 Å². The smallest absolute Gasteiger partial charge is 0.0201 e. The number of rotatable bonds is 6. The van der Waals surface area contributed by atoms with Crippen LogP contribution in [0.4, 0.5) is 0 Å². The normalized spacial score (nSPS) is 11.2. The first-order chi connectivity index (χ1) is 5.61. The number of hydrogen-bond acceptors (Lipinski definition) is 2. The summed E-state index contributed by atoms with van der Waals surface area (Å²) in [5.74, 6) is 0.799. The summed E-state index contributed by atoms with van der Waals surface area (Å²) in [7, 11) is 0. The monoisotopic (exact) mass is 187 g/mol. The maximum atomic E-state index is 4.20. The summed E-state index contributed by atoms with van der Waals surface area (Å²) in [6, 6.07) is 0.613. The van der Waals surface area contributed by atoms with Crippen LogP contribution in [-0.2, 0) is 0 Å². The van der Waals surface area contributed by atoms with Crippen molar-refractivity contribution in [2.45, 2.75) is 33.2 Å². The van der Waals surface area contributed by atoms with Gasteiger partial charge in [0.2, 0.25) is 0 Å². The van der Waals surface area contributed by atoms with Crippen LogP contribution in [0.1, 0.15) is 27.2 Å². The molecule has 2 heteroatoms. The van der Waals surface area contributed by atoms with E-state index in [0.29, 0.717) is 6.04 Å². The van der Waals surface area contributed by atoms with Crippen LogP contribution in [-0.4, -0.2) is 29.8 Å². The Bertz CT molecular complexity index is 132. The summed E-state index contributed by atoms with van der Waals surface area (Å²) in [6.07, 6.45) is 1.21. The van der Waals surface area contributed by atoms with E-state index in [1.807, 2.05) is 0 Å². The Morgan fingerprint density at radius 2 is 2.08 bits per heavy atom. The van der Waals surface area contributed by atoms with Crippen molar-refractivity contribution in [1.82, 2.24) is 4.90 Å². The molecule has 0 aliphatic rings. The molecule has 0 aromatic heterocycles. The van der Waals surface area contributed by atoms with E-state index in [2.05, 4.69) is 44.9 Å². The fourth-order valence-electron chi connectivity index (χ4n) is 1.14. The molecule has 0 radical (unpaired) electrons. The predicted octanol–water partition coefficient (Wildman–Crippen LogP) is 2.59. The lowest BCUT2D eigenvalue weighted by Crippen LogP contribution is -2.33. The zero-order chi connectivity index (χ0) is 9.56. The van der Waals surface area contributed by atoms with Gasteiger partial charge in [0.15, 0.2) is 0 Å². The molecule has 12 heavy (non-hydrogen) atoms. The summed E-state index contributed by atoms with van der Waals surface area (Å²) in [5, 5.41) is 0. The maximum absolute atomic E-state index is 4.20. The molecule has 0 N–H and O–H groups in total. The summed E-state index contributed by atoms with van der Waals surface area (Å²) >= 11 is 4.20. The molecule has 1 nitrogen and oxygen atoms in total. The molecule has 0 spiro atoms. The highest BCUT2D eigenvalue weighted by molar-refractivity contribution is 7.80. The summed E-state index contributed by atoms with van der Waals surface area (Å²) in [5.41, 5.74) is 1.21. The van der Waals surface area contributed by atoms with Gasteiger partial charge in [-0.25, -0.2) is 0 Å². The number of thiol groups is 1. The van der Waals surface area contributed by atoms with Gasteiger partial charge < -0.3 is 0 Å². The summed E-state index contributed by atoms with van der Waals surface area (Å²) < 4.78 is 0. The Labute approximate surface area is 82.2 Å². The zero-order valence-electron chi connectivity index (χ0n) is 8.51. The SMILES string of the molecule is C=C(CS)CN(CCC)C(C)C. The highest BCUT2D eigenvalue weighted by Crippen LogP contribution is 2.04. The van der Waals surface area contributed by atoms with Gasteiger partial charge in [-0.3, -0.25) is 4.90 Å². The van der Waals surface area contributed by atoms with Crippen LogP contribution >= 0.6 is 12.6 Å². The molecule has 0 unspecified atom stereocenters. The van der Waals surface area contributed by atoms with Gasteiger partial charge in [0.25, 0.3) is 0 Å². The van der Waals surface area contributed by atoms with Crippen LogP contribution in [0, 0.1) is 0 Å². The van der Waals surface area contributed by atoms with Gasteiger partial charge in [-0.1, -0.05) is 19.1 Å². The van der Waals surface area contributed by atoms with Gasteiger partial charge in [0.1, 0.15) is 0 Å². The van der Waals surface area contributed by atoms with Gasteiger partial charge in [-0.15, -0.1) is 0 Å². The summed E-state index contributed by atoms with van der Waals surface area (Å²) in [6.45, 7) is 12.8. The second-order valence-electron chi connectivity index (χ2n) is 3.47. The van der Waals surface area contributed by atoms with Gasteiger partial charge in [0.05, 0.1) is 0 Å². The van der Waals surface area contributed by atoms with Crippen molar-refractivity contribution in [3.8, 4) is 0 Å². The maximum Gasteiger partial charge on any atom is 0.0201 e. The second kappa shape index (κ2) is 6.55. The van der Waals surface area contributed by atoms with E-state index in [4.69, 9.17) is 0 Å². The number of nitrogens with zero attached hydrogens (tertiary/aromatic N) is 1. The average Bonchev–Trinajstić information content (AvgIpc) is 2.03. The molecule has 0 aliphatic heterocycles. The second-order valence-corrected chi connectivity index (χ2v) is 3.79. The molecule has 0 saturated heterocycles. The average molecular weight is 187 g/mol. The topological polar surface area (TPSA) is 3.24 Å². The summed E-state index contributed by atoms with van der Waals surface area (Å²) in [4.78, 5) is 2.43. The van der Waals surface area contributed by atoms with E-state index in [1.165, 1.54) is 12.0 Å². The van der Waals surface area contributed by atoms with E-state index < -0.39 is 0 Å². The van der Waals surface area contributed by atoms with Crippen LogP contribution in [0.25, 0.3) is 0 Å². The highest BCUT2D eigenvalue weighted by Gasteiger charge is 2.08. The minimum Gasteiger partial charge on any atom is -0.297 e. The van der Waals surface area contributed by atoms with Gasteiger partial charge in [-0.2, -0.15) is 12.6 Å². The molecule has 0 aromatic carbocycles. The van der Waals surface area contributed by atoms with Crippen molar-refractivity contribution in [3.63, 3.8) is 0 Å². The minimum atomic E-state index is 0.613. The Morgan fingerprint density at radius 3 is 2.42 bits per heavy atom. The first-order valence-electron chi connectivity index (χ1n) is 4.63. The van der Waals surface area contributed by atoms with Crippen molar-refractivity contribution in [1.29, 1.82) is 0 Å². The van der Waals surface area contributed by atoms with Crippen LogP contribution < -0.4 is 0 Å². The van der Waals surface area contributed by atoms with E-state index >= 15 is 0 Å². The first-order valence-corrected chi connectivity index (χ1v) is 5.26. The van der Waals surface area contributed by atoms with E-state index in [0.717, 1.165) is 18.8 Å². The molecule has 0 aliphatic carbocycles. The first kappa shape index (κ1) is 12.0. The van der Waals surface area contributed by atoms with Crippen LogP contribution in [0.2, 0.25) is 0 Å². The van der Waals surface area contributed by atoms with E-state index in [-0.39, 0.29) is 0 Å². The third kappa shape index (κ3) is 4.83. The standard InChI is InChI=1S/C10H21NS/c1-5-6-11(9(2)3)7-10(4)8-12/h9,12H,4-8H2,1-3H3. The Morgan fingerprint density at radius 1 is 1.50 bits per heavy atom. The lowest BCUT2D eigenvalue weighted by Gasteiger charge is -2.26. The molecular weight excluding hydrogens is 166 g/mol. The van der Waals surface area contributed by atoms with Crippen molar-refractivity contribution in [2.24, 2.45) is 0 Å². The van der Waals surface area contributed by atoms with Gasteiger partial charge >= 0.3 is 0 Å². The third-order valence-corrected chi connectivity index (χ3v) is 2.34. The molecular formula is C10H21NS.